The van der Waals surface area contributed by atoms with E-state index in [4.69, 9.17) is 13.9 Å². The summed E-state index contributed by atoms with van der Waals surface area (Å²) in [6.45, 7) is 7.04. The summed E-state index contributed by atoms with van der Waals surface area (Å²) in [6.07, 6.45) is 1.48. The molecule has 2 aromatic heterocycles. The van der Waals surface area contributed by atoms with E-state index in [9.17, 15) is 4.79 Å². The van der Waals surface area contributed by atoms with Crippen LogP contribution in [0.2, 0.25) is 0 Å². The van der Waals surface area contributed by atoms with Crippen LogP contribution in [0.5, 0.6) is 5.75 Å². The molecule has 29 heavy (non-hydrogen) atoms. The maximum absolute atomic E-state index is 12.5. The van der Waals surface area contributed by atoms with Crippen molar-refractivity contribution in [1.29, 1.82) is 0 Å². The minimum atomic E-state index is -0.406. The zero-order chi connectivity index (χ0) is 20.4. The lowest BCUT2D eigenvalue weighted by atomic mass is 10.1. The van der Waals surface area contributed by atoms with Crippen LogP contribution < -0.4 is 14.5 Å². The topological polar surface area (TPSA) is 80.9 Å². The predicted molar refractivity (Wildman–Crippen MR) is 110 cm³/mol. The summed E-state index contributed by atoms with van der Waals surface area (Å²) < 4.78 is 16.2. The number of piperazine rings is 1. The van der Waals surface area contributed by atoms with Gasteiger partial charge in [-0.15, -0.1) is 0 Å². The predicted octanol–water partition coefficient (Wildman–Crippen LogP) is 3.04. The molecule has 0 spiro atoms. The molecule has 0 unspecified atom stereocenters. The summed E-state index contributed by atoms with van der Waals surface area (Å²) in [5, 5.41) is 0.626. The van der Waals surface area contributed by atoms with E-state index in [1.54, 1.807) is 21.0 Å². The second-order valence-electron chi connectivity index (χ2n) is 6.80. The molecule has 152 valence electrons. The Morgan fingerprint density at radius 1 is 1.10 bits per heavy atom. The highest BCUT2D eigenvalue weighted by atomic mass is 16.5. The van der Waals surface area contributed by atoms with Crippen LogP contribution in [-0.2, 0) is 4.74 Å². The quantitative estimate of drug-likeness (QED) is 0.609. The van der Waals surface area contributed by atoms with Gasteiger partial charge in [0.2, 0.25) is 5.71 Å². The first kappa shape index (κ1) is 19.0. The van der Waals surface area contributed by atoms with Gasteiger partial charge < -0.3 is 23.7 Å². The molecule has 1 fully saturated rings. The summed E-state index contributed by atoms with van der Waals surface area (Å²) in [5.74, 6) is 1.65. The molecule has 8 heteroatoms. The van der Waals surface area contributed by atoms with E-state index < -0.39 is 5.97 Å². The first-order valence-corrected chi connectivity index (χ1v) is 9.67. The number of anilines is 2. The monoisotopic (exact) mass is 396 g/mol. The number of aromatic nitrogens is 2. The van der Waals surface area contributed by atoms with Crippen molar-refractivity contribution in [2.75, 3.05) is 49.7 Å². The van der Waals surface area contributed by atoms with E-state index in [-0.39, 0.29) is 0 Å². The highest BCUT2D eigenvalue weighted by Crippen LogP contribution is 2.32. The number of rotatable bonds is 5. The molecular weight excluding hydrogens is 372 g/mol. The van der Waals surface area contributed by atoms with E-state index >= 15 is 0 Å². The van der Waals surface area contributed by atoms with Gasteiger partial charge in [-0.2, -0.15) is 0 Å². The van der Waals surface area contributed by atoms with Crippen LogP contribution >= 0.6 is 0 Å². The minimum absolute atomic E-state index is 0.300. The Balaban J connectivity index is 1.58. The van der Waals surface area contributed by atoms with E-state index in [0.29, 0.717) is 34.8 Å². The zero-order valence-corrected chi connectivity index (χ0v) is 16.8. The number of ether oxygens (including phenoxy) is 2. The van der Waals surface area contributed by atoms with Crippen molar-refractivity contribution in [3.8, 4) is 5.75 Å². The molecule has 1 aliphatic rings. The Morgan fingerprint density at radius 2 is 1.79 bits per heavy atom. The van der Waals surface area contributed by atoms with Crippen molar-refractivity contribution in [3.05, 3.63) is 41.9 Å². The largest absolute Gasteiger partial charge is 0.497 e. The highest BCUT2D eigenvalue weighted by Gasteiger charge is 2.27. The maximum Gasteiger partial charge on any atom is 0.342 e. The molecule has 1 saturated heterocycles. The molecule has 0 N–H and O–H groups in total. The maximum atomic E-state index is 12.5. The Kier molecular flexibility index (Phi) is 5.24. The lowest BCUT2D eigenvalue weighted by Gasteiger charge is -2.36. The summed E-state index contributed by atoms with van der Waals surface area (Å²) in [4.78, 5) is 25.7. The fourth-order valence-corrected chi connectivity index (χ4v) is 3.69. The van der Waals surface area contributed by atoms with E-state index in [1.807, 2.05) is 12.1 Å². The molecule has 0 atom stereocenters. The Bertz CT molecular complexity index is 1010. The third-order valence-corrected chi connectivity index (χ3v) is 5.14. The Hall–Kier alpha value is -3.29. The van der Waals surface area contributed by atoms with Crippen molar-refractivity contribution in [3.63, 3.8) is 0 Å². The first-order valence-electron chi connectivity index (χ1n) is 9.67. The van der Waals surface area contributed by atoms with Crippen LogP contribution in [0.1, 0.15) is 23.0 Å². The molecular formula is C21H24N4O4. The van der Waals surface area contributed by atoms with Crippen molar-refractivity contribution in [2.24, 2.45) is 0 Å². The smallest absolute Gasteiger partial charge is 0.342 e. The molecule has 4 rings (SSSR count). The molecule has 0 aliphatic carbocycles. The number of benzene rings is 1. The second-order valence-corrected chi connectivity index (χ2v) is 6.80. The van der Waals surface area contributed by atoms with Gasteiger partial charge in [0.05, 0.1) is 19.1 Å². The van der Waals surface area contributed by atoms with E-state index in [1.165, 1.54) is 6.33 Å². The molecule has 1 aromatic carbocycles. The number of methoxy groups -OCH3 is 1. The normalized spacial score (nSPS) is 14.3. The number of aryl methyl sites for hydroxylation is 1. The summed E-state index contributed by atoms with van der Waals surface area (Å²) in [5.41, 5.74) is 1.98. The number of fused-ring (bicyclic) bond motifs is 1. The van der Waals surface area contributed by atoms with Gasteiger partial charge in [0, 0.05) is 31.9 Å². The number of nitrogens with zero attached hydrogens (tertiary/aromatic N) is 4. The van der Waals surface area contributed by atoms with Crippen LogP contribution in [0.15, 0.2) is 35.0 Å². The number of carbonyl (C=O) groups excluding carboxylic acids is 1. The summed E-state index contributed by atoms with van der Waals surface area (Å²) >= 11 is 0. The van der Waals surface area contributed by atoms with Crippen LogP contribution in [0, 0.1) is 6.92 Å². The molecule has 1 aliphatic heterocycles. The minimum Gasteiger partial charge on any atom is -0.497 e. The first-order chi connectivity index (χ1) is 14.1. The number of hydrogen-bond acceptors (Lipinski definition) is 8. The van der Waals surface area contributed by atoms with Crippen molar-refractivity contribution < 1.29 is 18.7 Å². The summed E-state index contributed by atoms with van der Waals surface area (Å²) in [7, 11) is 1.67. The van der Waals surface area contributed by atoms with Gasteiger partial charge in [-0.3, -0.25) is 0 Å². The summed E-state index contributed by atoms with van der Waals surface area (Å²) in [6, 6.07) is 8.07. The van der Waals surface area contributed by atoms with Crippen molar-refractivity contribution in [1.82, 2.24) is 9.97 Å². The van der Waals surface area contributed by atoms with E-state index in [0.717, 1.165) is 37.6 Å². The van der Waals surface area contributed by atoms with Gasteiger partial charge in [-0.25, -0.2) is 14.8 Å². The second kappa shape index (κ2) is 7.98. The molecule has 3 aromatic rings. The van der Waals surface area contributed by atoms with Crippen LogP contribution in [0.25, 0.3) is 11.1 Å². The van der Waals surface area contributed by atoms with Crippen molar-refractivity contribution in [2.45, 2.75) is 13.8 Å². The molecule has 8 nitrogen and oxygen atoms in total. The highest BCUT2D eigenvalue weighted by molar-refractivity contribution is 6.07. The fraction of sp³-hybridized carbons (Fsp3) is 0.381. The average Bonchev–Trinajstić information content (AvgIpc) is 3.10. The van der Waals surface area contributed by atoms with Gasteiger partial charge in [0.1, 0.15) is 29.2 Å². The lowest BCUT2D eigenvalue weighted by Crippen LogP contribution is -2.47. The average molecular weight is 396 g/mol. The van der Waals surface area contributed by atoms with Crippen molar-refractivity contribution >= 4 is 28.6 Å². The van der Waals surface area contributed by atoms with Crippen LogP contribution in [-0.4, -0.2) is 55.8 Å². The van der Waals surface area contributed by atoms with Gasteiger partial charge in [0.25, 0.3) is 0 Å². The number of carbonyl (C=O) groups is 1. The number of esters is 1. The van der Waals surface area contributed by atoms with E-state index in [2.05, 4.69) is 31.9 Å². The SMILES string of the molecule is CCOC(=O)c1c(C)oc2ncnc(N3CCN(c4ccc(OC)cc4)CC3)c12. The van der Waals surface area contributed by atoms with Gasteiger partial charge >= 0.3 is 5.97 Å². The molecule has 3 heterocycles. The molecule has 0 amide bonds. The van der Waals surface area contributed by atoms with Crippen LogP contribution in [0.3, 0.4) is 0 Å². The number of hydrogen-bond donors (Lipinski definition) is 0. The Labute approximate surface area is 169 Å². The molecule has 0 bridgehead atoms. The molecule has 0 radical (unpaired) electrons. The van der Waals surface area contributed by atoms with Crippen LogP contribution in [0.4, 0.5) is 11.5 Å². The zero-order valence-electron chi connectivity index (χ0n) is 16.8. The lowest BCUT2D eigenvalue weighted by molar-refractivity contribution is 0.0526. The third-order valence-electron chi connectivity index (χ3n) is 5.14. The van der Waals surface area contributed by atoms with Gasteiger partial charge in [-0.05, 0) is 38.1 Å². The Morgan fingerprint density at radius 3 is 2.45 bits per heavy atom. The third kappa shape index (κ3) is 3.57. The number of furan rings is 1. The van der Waals surface area contributed by atoms with Gasteiger partial charge in [-0.1, -0.05) is 0 Å². The van der Waals surface area contributed by atoms with Gasteiger partial charge in [0.15, 0.2) is 0 Å². The fourth-order valence-electron chi connectivity index (χ4n) is 3.69. The standard InChI is InChI=1S/C21H24N4O4/c1-4-28-21(26)17-14(2)29-20-18(17)19(22-13-23-20)25-11-9-24(10-12-25)15-5-7-16(27-3)8-6-15/h5-8,13H,4,9-12H2,1-3H3. The molecule has 0 saturated carbocycles.